The van der Waals surface area contributed by atoms with Gasteiger partial charge in [-0.25, -0.2) is 0 Å². The number of aromatic nitrogens is 2. The average molecular weight is 340 g/mol. The minimum Gasteiger partial charge on any atom is -0.342 e. The van der Waals surface area contributed by atoms with Gasteiger partial charge in [-0.2, -0.15) is 4.98 Å². The summed E-state index contributed by atoms with van der Waals surface area (Å²) in [5.74, 6) is 1.44. The number of likely N-dealkylation sites (tertiary alicyclic amines) is 1. The maximum absolute atomic E-state index is 13.0. The SMILES string of the molecule is CCCN1CCCC2(CCN(c3noc(-c4ccccc4)n3)C2)C1=O. The lowest BCUT2D eigenvalue weighted by Crippen LogP contribution is -2.50. The molecule has 25 heavy (non-hydrogen) atoms. The lowest BCUT2D eigenvalue weighted by Gasteiger charge is -2.39. The van der Waals surface area contributed by atoms with E-state index < -0.39 is 0 Å². The highest BCUT2D eigenvalue weighted by molar-refractivity contribution is 5.85. The van der Waals surface area contributed by atoms with Crippen molar-refractivity contribution < 1.29 is 9.32 Å². The number of amides is 1. The second-order valence-electron chi connectivity index (χ2n) is 7.11. The highest BCUT2D eigenvalue weighted by Gasteiger charge is 2.48. The maximum Gasteiger partial charge on any atom is 0.266 e. The topological polar surface area (TPSA) is 62.5 Å². The van der Waals surface area contributed by atoms with Crippen molar-refractivity contribution in [1.82, 2.24) is 15.0 Å². The van der Waals surface area contributed by atoms with Gasteiger partial charge in [0.15, 0.2) is 0 Å². The number of benzene rings is 1. The molecule has 6 heteroatoms. The Morgan fingerprint density at radius 2 is 2.04 bits per heavy atom. The second-order valence-corrected chi connectivity index (χ2v) is 7.11. The van der Waals surface area contributed by atoms with Crippen LogP contribution in [0.25, 0.3) is 11.5 Å². The van der Waals surface area contributed by atoms with Crippen LogP contribution in [0.1, 0.15) is 32.6 Å². The van der Waals surface area contributed by atoms with Crippen LogP contribution in [0.15, 0.2) is 34.9 Å². The third kappa shape index (κ3) is 2.90. The molecule has 3 heterocycles. The summed E-state index contributed by atoms with van der Waals surface area (Å²) >= 11 is 0. The first-order valence-corrected chi connectivity index (χ1v) is 9.15. The molecule has 2 saturated heterocycles. The predicted octanol–water partition coefficient (Wildman–Crippen LogP) is 2.97. The molecule has 0 radical (unpaired) electrons. The summed E-state index contributed by atoms with van der Waals surface area (Å²) in [6.07, 6.45) is 3.94. The molecule has 0 bridgehead atoms. The van der Waals surface area contributed by atoms with E-state index in [-0.39, 0.29) is 5.41 Å². The van der Waals surface area contributed by atoms with Crippen LogP contribution in [0, 0.1) is 5.41 Å². The first kappa shape index (κ1) is 16.1. The lowest BCUT2D eigenvalue weighted by molar-refractivity contribution is -0.145. The van der Waals surface area contributed by atoms with Crippen molar-refractivity contribution >= 4 is 11.9 Å². The van der Waals surface area contributed by atoms with Crippen LogP contribution in [0.3, 0.4) is 0 Å². The van der Waals surface area contributed by atoms with Crippen molar-refractivity contribution in [1.29, 1.82) is 0 Å². The highest BCUT2D eigenvalue weighted by atomic mass is 16.5. The minimum absolute atomic E-state index is 0.263. The van der Waals surface area contributed by atoms with Crippen molar-refractivity contribution in [2.75, 3.05) is 31.1 Å². The number of piperidine rings is 1. The van der Waals surface area contributed by atoms with E-state index in [1.165, 1.54) is 0 Å². The number of anilines is 1. The summed E-state index contributed by atoms with van der Waals surface area (Å²) in [5, 5.41) is 4.15. The third-order valence-electron chi connectivity index (χ3n) is 5.39. The van der Waals surface area contributed by atoms with Crippen LogP contribution in [0.4, 0.5) is 5.95 Å². The number of hydrogen-bond donors (Lipinski definition) is 0. The molecule has 2 aliphatic rings. The zero-order valence-electron chi connectivity index (χ0n) is 14.6. The van der Waals surface area contributed by atoms with Gasteiger partial charge in [-0.15, -0.1) is 0 Å². The van der Waals surface area contributed by atoms with Gasteiger partial charge in [0.05, 0.1) is 5.41 Å². The summed E-state index contributed by atoms with van der Waals surface area (Å²) in [7, 11) is 0. The van der Waals surface area contributed by atoms with Gasteiger partial charge >= 0.3 is 0 Å². The van der Waals surface area contributed by atoms with Gasteiger partial charge in [0.2, 0.25) is 5.91 Å². The van der Waals surface area contributed by atoms with E-state index in [1.807, 2.05) is 35.2 Å². The van der Waals surface area contributed by atoms with Crippen LogP contribution >= 0.6 is 0 Å². The van der Waals surface area contributed by atoms with Gasteiger partial charge in [-0.1, -0.05) is 25.1 Å². The van der Waals surface area contributed by atoms with Gasteiger partial charge in [0, 0.05) is 31.7 Å². The molecule has 2 aliphatic heterocycles. The fraction of sp³-hybridized carbons (Fsp3) is 0.526. The predicted molar refractivity (Wildman–Crippen MR) is 95.1 cm³/mol. The summed E-state index contributed by atoms with van der Waals surface area (Å²) in [6.45, 7) is 5.38. The van der Waals surface area contributed by atoms with Crippen LogP contribution in [0.2, 0.25) is 0 Å². The molecule has 2 fully saturated rings. The number of carbonyl (C=O) groups excluding carboxylic acids is 1. The molecule has 1 aromatic heterocycles. The number of nitrogens with zero attached hydrogens (tertiary/aromatic N) is 4. The average Bonchev–Trinajstić information content (AvgIpc) is 3.28. The van der Waals surface area contributed by atoms with E-state index in [9.17, 15) is 4.79 Å². The maximum atomic E-state index is 13.0. The molecule has 1 unspecified atom stereocenters. The Hall–Kier alpha value is -2.37. The quantitative estimate of drug-likeness (QED) is 0.856. The Balaban J connectivity index is 1.51. The molecule has 1 amide bonds. The molecule has 1 spiro atoms. The molecule has 0 saturated carbocycles. The Labute approximate surface area is 147 Å². The number of rotatable bonds is 4. The number of hydrogen-bond acceptors (Lipinski definition) is 5. The molecule has 2 aromatic rings. The Bertz CT molecular complexity index is 743. The van der Waals surface area contributed by atoms with E-state index in [0.29, 0.717) is 24.3 Å². The molecule has 6 nitrogen and oxygen atoms in total. The molecular weight excluding hydrogens is 316 g/mol. The van der Waals surface area contributed by atoms with Crippen molar-refractivity contribution in [3.05, 3.63) is 30.3 Å². The summed E-state index contributed by atoms with van der Waals surface area (Å²) in [6, 6.07) is 9.77. The number of carbonyl (C=O) groups is 1. The van der Waals surface area contributed by atoms with Gasteiger partial charge < -0.3 is 14.3 Å². The molecule has 1 atom stereocenters. The summed E-state index contributed by atoms with van der Waals surface area (Å²) in [5.41, 5.74) is 0.652. The Morgan fingerprint density at radius 3 is 2.84 bits per heavy atom. The van der Waals surface area contributed by atoms with E-state index >= 15 is 0 Å². The van der Waals surface area contributed by atoms with Crippen molar-refractivity contribution in [2.24, 2.45) is 5.41 Å². The zero-order valence-corrected chi connectivity index (χ0v) is 14.6. The van der Waals surface area contributed by atoms with Crippen molar-refractivity contribution in [3.63, 3.8) is 0 Å². The first-order chi connectivity index (χ1) is 12.2. The monoisotopic (exact) mass is 340 g/mol. The molecule has 0 N–H and O–H groups in total. The summed E-state index contributed by atoms with van der Waals surface area (Å²) < 4.78 is 5.43. The van der Waals surface area contributed by atoms with E-state index in [4.69, 9.17) is 4.52 Å². The Kier molecular flexibility index (Phi) is 4.19. The van der Waals surface area contributed by atoms with Gasteiger partial charge in [0.1, 0.15) is 0 Å². The summed E-state index contributed by atoms with van der Waals surface area (Å²) in [4.78, 5) is 21.7. The van der Waals surface area contributed by atoms with Crippen LogP contribution in [-0.4, -0.2) is 47.1 Å². The standard InChI is InChI=1S/C19H24N4O2/c1-2-11-22-12-6-9-19(17(22)24)10-13-23(14-19)18-20-16(25-21-18)15-7-4-3-5-8-15/h3-5,7-8H,2,6,9-14H2,1H3. The minimum atomic E-state index is -0.263. The van der Waals surface area contributed by atoms with Gasteiger partial charge in [-0.3, -0.25) is 4.79 Å². The molecule has 0 aliphatic carbocycles. The fourth-order valence-electron chi connectivity index (χ4n) is 4.10. The van der Waals surface area contributed by atoms with Crippen molar-refractivity contribution in [2.45, 2.75) is 32.6 Å². The van der Waals surface area contributed by atoms with Crippen LogP contribution in [-0.2, 0) is 4.79 Å². The Morgan fingerprint density at radius 1 is 1.20 bits per heavy atom. The lowest BCUT2D eigenvalue weighted by atomic mass is 9.78. The van der Waals surface area contributed by atoms with Gasteiger partial charge in [0.25, 0.3) is 11.8 Å². The molecular formula is C19H24N4O2. The third-order valence-corrected chi connectivity index (χ3v) is 5.39. The highest BCUT2D eigenvalue weighted by Crippen LogP contribution is 2.41. The normalized spacial score (nSPS) is 23.6. The smallest absolute Gasteiger partial charge is 0.266 e. The zero-order chi connectivity index (χ0) is 17.3. The molecule has 4 rings (SSSR count). The van der Waals surface area contributed by atoms with E-state index in [2.05, 4.69) is 22.0 Å². The first-order valence-electron chi connectivity index (χ1n) is 9.15. The van der Waals surface area contributed by atoms with E-state index in [0.717, 1.165) is 50.9 Å². The molecule has 132 valence electrons. The van der Waals surface area contributed by atoms with E-state index in [1.54, 1.807) is 0 Å². The van der Waals surface area contributed by atoms with Crippen molar-refractivity contribution in [3.8, 4) is 11.5 Å². The van der Waals surface area contributed by atoms with Crippen LogP contribution < -0.4 is 4.90 Å². The van der Waals surface area contributed by atoms with Gasteiger partial charge in [-0.05, 0) is 43.0 Å². The fourth-order valence-corrected chi connectivity index (χ4v) is 4.10. The van der Waals surface area contributed by atoms with Crippen LogP contribution in [0.5, 0.6) is 0 Å². The largest absolute Gasteiger partial charge is 0.342 e. The molecule has 1 aromatic carbocycles. The second kappa shape index (κ2) is 6.50.